The lowest BCUT2D eigenvalue weighted by atomic mass is 10.1. The molecule has 2 aromatic rings. The maximum Gasteiger partial charge on any atom is 0.265 e. The number of anilines is 2. The molecular weight excluding hydrogens is 380 g/mol. The van der Waals surface area contributed by atoms with Crippen LogP contribution in [0.4, 0.5) is 11.4 Å². The fourth-order valence-electron chi connectivity index (χ4n) is 3.21. The van der Waals surface area contributed by atoms with E-state index >= 15 is 0 Å². The number of nitrogens with zero attached hydrogens (tertiary/aromatic N) is 1. The van der Waals surface area contributed by atoms with Crippen LogP contribution in [0.25, 0.3) is 0 Å². The van der Waals surface area contributed by atoms with Crippen molar-refractivity contribution in [2.24, 2.45) is 0 Å². The number of para-hydroxylation sites is 2. The molecule has 0 saturated heterocycles. The standard InChI is InChI=1S/C21H21ClN2O4/c1-3-18(25)15-11-14(22)8-9-19(15)28-12-21(27)24-13(2)10-20(26)23-16-6-4-5-7-17(16)24/h4-9,11,13H,3,10,12H2,1-2H3,(H,23,26)/t13-/m1/s1. The fourth-order valence-corrected chi connectivity index (χ4v) is 3.39. The van der Waals surface area contributed by atoms with Gasteiger partial charge in [-0.1, -0.05) is 30.7 Å². The summed E-state index contributed by atoms with van der Waals surface area (Å²) in [6.07, 6.45) is 0.482. The number of Topliss-reactive ketones (excluding diaryl/α,β-unsaturated/α-hetero) is 1. The molecule has 0 unspecified atom stereocenters. The average Bonchev–Trinajstić information content (AvgIpc) is 2.80. The summed E-state index contributed by atoms with van der Waals surface area (Å²) >= 11 is 5.99. The van der Waals surface area contributed by atoms with Gasteiger partial charge in [-0.15, -0.1) is 0 Å². The third kappa shape index (κ3) is 4.17. The lowest BCUT2D eigenvalue weighted by molar-refractivity contribution is -0.121. The number of hydrogen-bond acceptors (Lipinski definition) is 4. The van der Waals surface area contributed by atoms with Crippen LogP contribution in [0.5, 0.6) is 5.75 Å². The highest BCUT2D eigenvalue weighted by molar-refractivity contribution is 6.31. The van der Waals surface area contributed by atoms with Crippen molar-refractivity contribution in [3.63, 3.8) is 0 Å². The van der Waals surface area contributed by atoms with Crippen molar-refractivity contribution in [2.75, 3.05) is 16.8 Å². The van der Waals surface area contributed by atoms with Gasteiger partial charge in [-0.05, 0) is 37.3 Å². The number of fused-ring (bicyclic) bond motifs is 1. The summed E-state index contributed by atoms with van der Waals surface area (Å²) in [4.78, 5) is 38.7. The number of hydrogen-bond donors (Lipinski definition) is 1. The summed E-state index contributed by atoms with van der Waals surface area (Å²) in [5.41, 5.74) is 1.55. The van der Waals surface area contributed by atoms with Gasteiger partial charge < -0.3 is 15.0 Å². The van der Waals surface area contributed by atoms with Crippen LogP contribution in [0.2, 0.25) is 5.02 Å². The number of nitrogens with one attached hydrogen (secondary N) is 1. The molecule has 0 fully saturated rings. The summed E-state index contributed by atoms with van der Waals surface area (Å²) in [6, 6.07) is 11.5. The third-order valence-electron chi connectivity index (χ3n) is 4.54. The number of benzene rings is 2. The molecule has 0 bridgehead atoms. The summed E-state index contributed by atoms with van der Waals surface area (Å²) in [5.74, 6) is -0.256. The van der Waals surface area contributed by atoms with Gasteiger partial charge >= 0.3 is 0 Å². The van der Waals surface area contributed by atoms with Gasteiger partial charge in [-0.25, -0.2) is 0 Å². The molecule has 0 spiro atoms. The Bertz CT molecular complexity index is 928. The van der Waals surface area contributed by atoms with E-state index in [1.54, 1.807) is 54.3 Å². The SMILES string of the molecule is CCC(=O)c1cc(Cl)ccc1OCC(=O)N1c2ccccc2NC(=O)C[C@H]1C. The summed E-state index contributed by atoms with van der Waals surface area (Å²) < 4.78 is 5.69. The smallest absolute Gasteiger partial charge is 0.265 e. The second-order valence-electron chi connectivity index (χ2n) is 6.59. The number of ketones is 1. The monoisotopic (exact) mass is 400 g/mol. The molecule has 0 radical (unpaired) electrons. The lowest BCUT2D eigenvalue weighted by Gasteiger charge is -2.28. The van der Waals surface area contributed by atoms with Gasteiger partial charge in [0.1, 0.15) is 5.75 Å². The zero-order chi connectivity index (χ0) is 20.3. The summed E-state index contributed by atoms with van der Waals surface area (Å²) in [7, 11) is 0. The molecule has 2 amide bonds. The molecule has 0 aromatic heterocycles. The molecule has 1 aliphatic rings. The predicted octanol–water partition coefficient (Wildman–Crippen LogP) is 4.08. The number of rotatable bonds is 5. The molecule has 1 N–H and O–H groups in total. The number of ether oxygens (including phenoxy) is 1. The molecule has 1 atom stereocenters. The van der Waals surface area contributed by atoms with Gasteiger partial charge in [0.05, 0.1) is 16.9 Å². The van der Waals surface area contributed by atoms with Gasteiger partial charge in [0.15, 0.2) is 12.4 Å². The normalized spacial score (nSPS) is 16.0. The van der Waals surface area contributed by atoms with Crippen molar-refractivity contribution in [1.82, 2.24) is 0 Å². The highest BCUT2D eigenvalue weighted by atomic mass is 35.5. The number of amides is 2. The van der Waals surface area contributed by atoms with Crippen molar-refractivity contribution in [1.29, 1.82) is 0 Å². The number of carbonyl (C=O) groups is 3. The molecule has 0 saturated carbocycles. The Labute approximate surface area is 168 Å². The second-order valence-corrected chi connectivity index (χ2v) is 7.02. The van der Waals surface area contributed by atoms with Gasteiger partial charge in [0.25, 0.3) is 5.91 Å². The molecular formula is C21H21ClN2O4. The minimum Gasteiger partial charge on any atom is -0.483 e. The Morgan fingerprint density at radius 1 is 1.25 bits per heavy atom. The van der Waals surface area contributed by atoms with Crippen LogP contribution in [0, 0.1) is 0 Å². The largest absolute Gasteiger partial charge is 0.483 e. The minimum absolute atomic E-state index is 0.117. The first-order valence-corrected chi connectivity index (χ1v) is 9.45. The average molecular weight is 401 g/mol. The Morgan fingerprint density at radius 2 is 2.00 bits per heavy atom. The van der Waals surface area contributed by atoms with Crippen molar-refractivity contribution in [2.45, 2.75) is 32.7 Å². The highest BCUT2D eigenvalue weighted by Gasteiger charge is 2.30. The van der Waals surface area contributed by atoms with Crippen molar-refractivity contribution < 1.29 is 19.1 Å². The molecule has 3 rings (SSSR count). The van der Waals surface area contributed by atoms with Crippen LogP contribution in [0.1, 0.15) is 37.0 Å². The summed E-state index contributed by atoms with van der Waals surface area (Å²) in [6.45, 7) is 3.30. The Morgan fingerprint density at radius 3 is 2.75 bits per heavy atom. The van der Waals surface area contributed by atoms with Crippen molar-refractivity contribution >= 4 is 40.6 Å². The molecule has 1 heterocycles. The lowest BCUT2D eigenvalue weighted by Crippen LogP contribution is -2.41. The third-order valence-corrected chi connectivity index (χ3v) is 4.78. The molecule has 2 aromatic carbocycles. The van der Waals surface area contributed by atoms with Gasteiger partial charge in [-0.2, -0.15) is 0 Å². The quantitative estimate of drug-likeness (QED) is 0.767. The second kappa shape index (κ2) is 8.44. The van der Waals surface area contributed by atoms with E-state index in [-0.39, 0.29) is 36.7 Å². The first-order valence-electron chi connectivity index (χ1n) is 9.07. The van der Waals surface area contributed by atoms with E-state index in [1.807, 2.05) is 6.92 Å². The molecule has 28 heavy (non-hydrogen) atoms. The van der Waals surface area contributed by atoms with Crippen LogP contribution >= 0.6 is 11.6 Å². The van der Waals surface area contributed by atoms with Gasteiger partial charge in [0, 0.05) is 23.9 Å². The predicted molar refractivity (Wildman–Crippen MR) is 108 cm³/mol. The Kier molecular flexibility index (Phi) is 5.99. The molecule has 6 nitrogen and oxygen atoms in total. The van der Waals surface area contributed by atoms with Crippen LogP contribution in [0.15, 0.2) is 42.5 Å². The van der Waals surface area contributed by atoms with Gasteiger partial charge in [-0.3, -0.25) is 14.4 Å². The maximum atomic E-state index is 13.0. The van der Waals surface area contributed by atoms with Crippen LogP contribution in [-0.2, 0) is 9.59 Å². The molecule has 0 aliphatic carbocycles. The zero-order valence-electron chi connectivity index (χ0n) is 15.7. The van der Waals surface area contributed by atoms with E-state index in [0.29, 0.717) is 34.1 Å². The van der Waals surface area contributed by atoms with E-state index < -0.39 is 0 Å². The van der Waals surface area contributed by atoms with Gasteiger partial charge in [0.2, 0.25) is 5.91 Å². The Balaban J connectivity index is 1.84. The maximum absolute atomic E-state index is 13.0. The highest BCUT2D eigenvalue weighted by Crippen LogP contribution is 2.31. The topological polar surface area (TPSA) is 75.7 Å². The fraction of sp³-hybridized carbons (Fsp3) is 0.286. The molecule has 7 heteroatoms. The Hall–Kier alpha value is -2.86. The minimum atomic E-state index is -0.332. The first kappa shape index (κ1) is 19.9. The molecule has 146 valence electrons. The first-order chi connectivity index (χ1) is 13.4. The summed E-state index contributed by atoms with van der Waals surface area (Å²) in [5, 5.41) is 3.24. The van der Waals surface area contributed by atoms with E-state index in [9.17, 15) is 14.4 Å². The van der Waals surface area contributed by atoms with E-state index in [2.05, 4.69) is 5.32 Å². The van der Waals surface area contributed by atoms with Crippen LogP contribution in [-0.4, -0.2) is 30.2 Å². The van der Waals surface area contributed by atoms with E-state index in [1.165, 1.54) is 0 Å². The van der Waals surface area contributed by atoms with E-state index in [4.69, 9.17) is 16.3 Å². The van der Waals surface area contributed by atoms with Crippen LogP contribution < -0.4 is 15.0 Å². The number of halogens is 1. The van der Waals surface area contributed by atoms with Crippen molar-refractivity contribution in [3.8, 4) is 5.75 Å². The number of carbonyl (C=O) groups excluding carboxylic acids is 3. The molecule has 1 aliphatic heterocycles. The van der Waals surface area contributed by atoms with E-state index in [0.717, 1.165) is 0 Å². The van der Waals surface area contributed by atoms with Crippen LogP contribution in [0.3, 0.4) is 0 Å². The van der Waals surface area contributed by atoms with Crippen molar-refractivity contribution in [3.05, 3.63) is 53.1 Å². The zero-order valence-corrected chi connectivity index (χ0v) is 16.5.